The van der Waals surface area contributed by atoms with Gasteiger partial charge < -0.3 is 9.40 Å². The molecule has 4 aromatic rings. The van der Waals surface area contributed by atoms with Crippen LogP contribution in [-0.4, -0.2) is 9.19 Å². The van der Waals surface area contributed by atoms with E-state index in [-0.39, 0.29) is 5.56 Å². The predicted molar refractivity (Wildman–Crippen MR) is 95.1 cm³/mol. The van der Waals surface area contributed by atoms with Crippen molar-refractivity contribution in [3.05, 3.63) is 64.2 Å². The Balaban J connectivity index is 2.14. The summed E-state index contributed by atoms with van der Waals surface area (Å²) in [6, 6.07) is 10.9. The molecule has 1 unspecified atom stereocenters. The van der Waals surface area contributed by atoms with E-state index in [1.165, 1.54) is 18.2 Å². The highest BCUT2D eigenvalue weighted by Crippen LogP contribution is 2.35. The Morgan fingerprint density at radius 2 is 2.00 bits per heavy atom. The van der Waals surface area contributed by atoms with E-state index in [0.717, 1.165) is 0 Å². The van der Waals surface area contributed by atoms with Crippen LogP contribution in [0, 0.1) is 12.7 Å². The van der Waals surface area contributed by atoms with Crippen LogP contribution in [-0.2, 0) is 11.0 Å². The summed E-state index contributed by atoms with van der Waals surface area (Å²) < 4.78 is 31.1. The van der Waals surface area contributed by atoms with Gasteiger partial charge in [0.1, 0.15) is 22.4 Å². The van der Waals surface area contributed by atoms with E-state index in [2.05, 4.69) is 4.98 Å². The second-order valence-corrected chi connectivity index (χ2v) is 6.79. The first-order chi connectivity index (χ1) is 12.0. The highest BCUT2D eigenvalue weighted by Gasteiger charge is 2.18. The largest absolute Gasteiger partial charge is 0.454 e. The van der Waals surface area contributed by atoms with Gasteiger partial charge >= 0.3 is 0 Å². The van der Waals surface area contributed by atoms with Crippen LogP contribution in [0.1, 0.15) is 5.56 Å². The number of nitrogens with two attached hydrogens (primary N) is 1. The summed E-state index contributed by atoms with van der Waals surface area (Å²) >= 11 is 0. The van der Waals surface area contributed by atoms with Crippen molar-refractivity contribution in [1.29, 1.82) is 0 Å². The molecule has 0 saturated heterocycles. The number of aromatic amines is 1. The predicted octanol–water partition coefficient (Wildman–Crippen LogP) is 3.37. The van der Waals surface area contributed by atoms with Gasteiger partial charge in [-0.25, -0.2) is 13.7 Å². The first-order valence-electron chi connectivity index (χ1n) is 7.47. The Kier molecular flexibility index (Phi) is 3.55. The van der Waals surface area contributed by atoms with Crippen LogP contribution in [0.2, 0.25) is 0 Å². The first kappa shape index (κ1) is 15.7. The minimum atomic E-state index is -1.64. The zero-order valence-electron chi connectivity index (χ0n) is 13.1. The maximum absolute atomic E-state index is 13.6. The number of pyridine rings is 1. The van der Waals surface area contributed by atoms with Crippen molar-refractivity contribution < 1.29 is 13.0 Å². The molecule has 0 fully saturated rings. The molecule has 126 valence electrons. The van der Waals surface area contributed by atoms with Gasteiger partial charge in [-0.1, -0.05) is 12.1 Å². The van der Waals surface area contributed by atoms with E-state index in [1.807, 2.05) is 0 Å². The number of H-pyrrole nitrogens is 1. The summed E-state index contributed by atoms with van der Waals surface area (Å²) in [5.41, 5.74) is 2.72. The Bertz CT molecular complexity index is 1230. The lowest BCUT2D eigenvalue weighted by Gasteiger charge is -2.07. The van der Waals surface area contributed by atoms with Crippen LogP contribution >= 0.6 is 0 Å². The van der Waals surface area contributed by atoms with Gasteiger partial charge in [0.15, 0.2) is 5.58 Å². The Morgan fingerprint density at radius 1 is 1.20 bits per heavy atom. The van der Waals surface area contributed by atoms with E-state index in [4.69, 9.17) is 9.56 Å². The summed E-state index contributed by atoms with van der Waals surface area (Å²) in [6.07, 6.45) is 0. The third-order valence-electron chi connectivity index (χ3n) is 4.19. The molecule has 2 aromatic heterocycles. The number of hydrogen-bond donors (Lipinski definition) is 2. The minimum Gasteiger partial charge on any atom is -0.454 e. The fraction of sp³-hybridized carbons (Fsp3) is 0.0556. The highest BCUT2D eigenvalue weighted by molar-refractivity contribution is 7.82. The number of benzene rings is 2. The molecule has 5 nitrogen and oxygen atoms in total. The third-order valence-corrected chi connectivity index (χ3v) is 4.90. The van der Waals surface area contributed by atoms with E-state index < -0.39 is 16.8 Å². The van der Waals surface area contributed by atoms with Crippen molar-refractivity contribution in [3.63, 3.8) is 0 Å². The molecule has 4 rings (SSSR count). The average molecular weight is 356 g/mol. The van der Waals surface area contributed by atoms with Crippen LogP contribution in [0.25, 0.3) is 33.2 Å². The van der Waals surface area contributed by atoms with Crippen LogP contribution in [0.15, 0.2) is 56.6 Å². The standard InChI is InChI=1S/C18H13FN2O3S/c1-9-15(10-3-2-4-12(7-10)25(20)23)17-16(21-18(9)22)13-8-11(19)5-6-14(13)24-17/h2-8H,20H2,1H3,(H,21,22). The van der Waals surface area contributed by atoms with Gasteiger partial charge in [-0.3, -0.25) is 4.79 Å². The SMILES string of the molecule is Cc1c(-c2cccc(S(N)=O)c2)c2oc3ccc(F)cc3c2[nH]c1=O. The average Bonchev–Trinajstić information content (AvgIpc) is 2.93. The number of hydrogen-bond acceptors (Lipinski definition) is 3. The molecule has 0 amide bonds. The summed E-state index contributed by atoms with van der Waals surface area (Å²) in [5.74, 6) is -0.418. The molecule has 2 aromatic carbocycles. The number of furan rings is 1. The van der Waals surface area contributed by atoms with E-state index in [0.29, 0.717) is 43.7 Å². The number of fused-ring (bicyclic) bond motifs is 3. The van der Waals surface area contributed by atoms with Gasteiger partial charge in [0.05, 0.1) is 10.4 Å². The molecule has 0 bridgehead atoms. The monoisotopic (exact) mass is 356 g/mol. The minimum absolute atomic E-state index is 0.297. The molecule has 1 atom stereocenters. The summed E-state index contributed by atoms with van der Waals surface area (Å²) in [4.78, 5) is 15.6. The van der Waals surface area contributed by atoms with Gasteiger partial charge in [-0.2, -0.15) is 0 Å². The molecule has 2 heterocycles. The molecule has 0 aliphatic heterocycles. The van der Waals surface area contributed by atoms with Crippen molar-refractivity contribution in [2.45, 2.75) is 11.8 Å². The number of nitrogens with one attached hydrogen (secondary N) is 1. The molecule has 25 heavy (non-hydrogen) atoms. The zero-order valence-corrected chi connectivity index (χ0v) is 13.9. The third kappa shape index (κ3) is 2.48. The number of aromatic nitrogens is 1. The van der Waals surface area contributed by atoms with Gasteiger partial charge in [0, 0.05) is 16.5 Å². The zero-order chi connectivity index (χ0) is 17.7. The fourth-order valence-electron chi connectivity index (χ4n) is 2.99. The van der Waals surface area contributed by atoms with Gasteiger partial charge in [-0.05, 0) is 42.8 Å². The van der Waals surface area contributed by atoms with Crippen molar-refractivity contribution in [1.82, 2.24) is 4.98 Å². The van der Waals surface area contributed by atoms with Crippen molar-refractivity contribution >= 4 is 33.1 Å². The topological polar surface area (TPSA) is 89.1 Å². The molecule has 0 aliphatic carbocycles. The van der Waals surface area contributed by atoms with Crippen LogP contribution in [0.4, 0.5) is 4.39 Å². The van der Waals surface area contributed by atoms with Crippen molar-refractivity contribution in [2.75, 3.05) is 0 Å². The van der Waals surface area contributed by atoms with Gasteiger partial charge in [-0.15, -0.1) is 0 Å². The molecule has 0 aliphatic rings. The Labute approximate surface area is 143 Å². The number of halogens is 1. The summed E-state index contributed by atoms with van der Waals surface area (Å²) in [6.45, 7) is 1.67. The second kappa shape index (κ2) is 5.65. The first-order valence-corrected chi connectivity index (χ1v) is 8.68. The summed E-state index contributed by atoms with van der Waals surface area (Å²) in [7, 11) is -1.64. The lowest BCUT2D eigenvalue weighted by molar-refractivity contribution is 0.626. The smallest absolute Gasteiger partial charge is 0.252 e. The number of rotatable bonds is 2. The van der Waals surface area contributed by atoms with Crippen LogP contribution in [0.3, 0.4) is 0 Å². The van der Waals surface area contributed by atoms with E-state index >= 15 is 0 Å². The second-order valence-electron chi connectivity index (χ2n) is 5.73. The molecule has 0 saturated carbocycles. The molecule has 0 spiro atoms. The normalized spacial score (nSPS) is 12.8. The summed E-state index contributed by atoms with van der Waals surface area (Å²) in [5, 5.41) is 5.95. The fourth-order valence-corrected chi connectivity index (χ4v) is 3.44. The maximum atomic E-state index is 13.6. The Morgan fingerprint density at radius 3 is 2.76 bits per heavy atom. The molecule has 7 heteroatoms. The molecular formula is C18H13FN2O3S. The lowest BCUT2D eigenvalue weighted by atomic mass is 10.0. The van der Waals surface area contributed by atoms with Crippen molar-refractivity contribution in [3.8, 4) is 11.1 Å². The van der Waals surface area contributed by atoms with E-state index in [9.17, 15) is 13.4 Å². The Hall–Kier alpha value is -2.77. The highest BCUT2D eigenvalue weighted by atomic mass is 32.2. The van der Waals surface area contributed by atoms with Crippen molar-refractivity contribution in [2.24, 2.45) is 5.14 Å². The van der Waals surface area contributed by atoms with Gasteiger partial charge in [0.25, 0.3) is 5.56 Å². The van der Waals surface area contributed by atoms with Gasteiger partial charge in [0.2, 0.25) is 0 Å². The molecule has 0 radical (unpaired) electrons. The maximum Gasteiger partial charge on any atom is 0.252 e. The van der Waals surface area contributed by atoms with Crippen LogP contribution < -0.4 is 10.7 Å². The molecule has 3 N–H and O–H groups in total. The van der Waals surface area contributed by atoms with E-state index in [1.54, 1.807) is 31.2 Å². The molecular weight excluding hydrogens is 343 g/mol. The quantitative estimate of drug-likeness (QED) is 0.577. The lowest BCUT2D eigenvalue weighted by Crippen LogP contribution is -2.11. The van der Waals surface area contributed by atoms with Crippen LogP contribution in [0.5, 0.6) is 0 Å².